The number of thiophene rings is 1. The SMILES string of the molecule is COC(=O)c1sccc1S(=O)(=O)N(CCN)CCc1ccccc1. The highest BCUT2D eigenvalue weighted by atomic mass is 32.2. The van der Waals surface area contributed by atoms with Gasteiger partial charge in [0.1, 0.15) is 9.77 Å². The first-order valence-electron chi connectivity index (χ1n) is 7.40. The van der Waals surface area contributed by atoms with Crippen molar-refractivity contribution in [3.8, 4) is 0 Å². The van der Waals surface area contributed by atoms with E-state index < -0.39 is 16.0 Å². The summed E-state index contributed by atoms with van der Waals surface area (Å²) in [5.74, 6) is -0.653. The van der Waals surface area contributed by atoms with Crippen LogP contribution >= 0.6 is 11.3 Å². The molecule has 6 nitrogen and oxygen atoms in total. The van der Waals surface area contributed by atoms with Crippen LogP contribution in [0, 0.1) is 0 Å². The third kappa shape index (κ3) is 4.21. The molecule has 0 saturated carbocycles. The Kier molecular flexibility index (Phi) is 6.50. The molecule has 0 aliphatic carbocycles. The number of hydrogen-bond donors (Lipinski definition) is 1. The third-order valence-corrected chi connectivity index (χ3v) is 6.45. The maximum Gasteiger partial charge on any atom is 0.349 e. The van der Waals surface area contributed by atoms with Gasteiger partial charge in [-0.3, -0.25) is 0 Å². The number of sulfonamides is 1. The van der Waals surface area contributed by atoms with Gasteiger partial charge in [0.2, 0.25) is 10.0 Å². The zero-order valence-corrected chi connectivity index (χ0v) is 15.0. The summed E-state index contributed by atoms with van der Waals surface area (Å²) in [4.78, 5) is 11.8. The Hall–Kier alpha value is -1.74. The minimum absolute atomic E-state index is 0.0270. The van der Waals surface area contributed by atoms with Crippen molar-refractivity contribution in [1.82, 2.24) is 4.31 Å². The fourth-order valence-electron chi connectivity index (χ4n) is 2.28. The summed E-state index contributed by atoms with van der Waals surface area (Å²) in [5, 5.41) is 1.57. The van der Waals surface area contributed by atoms with Crippen LogP contribution in [0.3, 0.4) is 0 Å². The largest absolute Gasteiger partial charge is 0.465 e. The first-order valence-corrected chi connectivity index (χ1v) is 9.72. The lowest BCUT2D eigenvalue weighted by Gasteiger charge is -2.21. The second-order valence-electron chi connectivity index (χ2n) is 5.03. The quantitative estimate of drug-likeness (QED) is 0.717. The van der Waals surface area contributed by atoms with Crippen LogP contribution in [-0.4, -0.2) is 45.4 Å². The molecule has 0 atom stereocenters. The molecule has 1 heterocycles. The highest BCUT2D eigenvalue weighted by Crippen LogP contribution is 2.26. The van der Waals surface area contributed by atoms with Gasteiger partial charge in [0.15, 0.2) is 0 Å². The fourth-order valence-corrected chi connectivity index (χ4v) is 5.04. The second kappa shape index (κ2) is 8.39. The monoisotopic (exact) mass is 368 g/mol. The van der Waals surface area contributed by atoms with E-state index in [-0.39, 0.29) is 22.9 Å². The first-order chi connectivity index (χ1) is 11.5. The van der Waals surface area contributed by atoms with Gasteiger partial charge in [0, 0.05) is 19.6 Å². The summed E-state index contributed by atoms with van der Waals surface area (Å²) in [5.41, 5.74) is 6.61. The number of nitrogens with zero attached hydrogens (tertiary/aromatic N) is 1. The molecular weight excluding hydrogens is 348 g/mol. The summed E-state index contributed by atoms with van der Waals surface area (Å²) < 4.78 is 31.8. The normalized spacial score (nSPS) is 11.6. The molecule has 2 N–H and O–H groups in total. The number of benzene rings is 1. The van der Waals surface area contributed by atoms with Crippen LogP contribution in [0.25, 0.3) is 0 Å². The van der Waals surface area contributed by atoms with Gasteiger partial charge in [0.05, 0.1) is 7.11 Å². The number of esters is 1. The maximum absolute atomic E-state index is 12.9. The van der Waals surface area contributed by atoms with E-state index >= 15 is 0 Å². The molecule has 0 aliphatic heterocycles. The van der Waals surface area contributed by atoms with Gasteiger partial charge in [-0.2, -0.15) is 4.31 Å². The highest BCUT2D eigenvalue weighted by molar-refractivity contribution is 7.89. The number of nitrogens with two attached hydrogens (primary N) is 1. The Bertz CT molecular complexity index is 772. The van der Waals surface area contributed by atoms with Gasteiger partial charge in [-0.15, -0.1) is 11.3 Å². The molecule has 0 fully saturated rings. The topological polar surface area (TPSA) is 89.7 Å². The maximum atomic E-state index is 12.9. The number of rotatable bonds is 8. The summed E-state index contributed by atoms with van der Waals surface area (Å²) in [6.07, 6.45) is 0.567. The molecule has 0 aliphatic rings. The van der Waals surface area contributed by atoms with Crippen LogP contribution in [0.5, 0.6) is 0 Å². The fraction of sp³-hybridized carbons (Fsp3) is 0.312. The number of carbonyl (C=O) groups is 1. The lowest BCUT2D eigenvalue weighted by molar-refractivity contribution is 0.0602. The Balaban J connectivity index is 2.25. The predicted molar refractivity (Wildman–Crippen MR) is 93.6 cm³/mol. The molecular formula is C16H20N2O4S2. The second-order valence-corrected chi connectivity index (χ2v) is 7.86. The van der Waals surface area contributed by atoms with E-state index in [1.165, 1.54) is 17.5 Å². The van der Waals surface area contributed by atoms with Crippen molar-refractivity contribution in [2.75, 3.05) is 26.7 Å². The van der Waals surface area contributed by atoms with E-state index in [0.717, 1.165) is 16.9 Å². The van der Waals surface area contributed by atoms with Crippen LogP contribution in [0.15, 0.2) is 46.7 Å². The van der Waals surface area contributed by atoms with Crippen LogP contribution in [-0.2, 0) is 21.2 Å². The zero-order chi connectivity index (χ0) is 17.6. The molecule has 130 valence electrons. The Morgan fingerprint density at radius 2 is 1.92 bits per heavy atom. The number of ether oxygens (including phenoxy) is 1. The lowest BCUT2D eigenvalue weighted by atomic mass is 10.1. The van der Waals surface area contributed by atoms with Gasteiger partial charge >= 0.3 is 5.97 Å². The molecule has 0 saturated heterocycles. The van der Waals surface area contributed by atoms with Crippen molar-refractivity contribution in [1.29, 1.82) is 0 Å². The van der Waals surface area contributed by atoms with Crippen molar-refractivity contribution in [3.05, 3.63) is 52.2 Å². The standard InChI is InChI=1S/C16H20N2O4S2/c1-22-16(19)15-14(8-12-23-15)24(20,21)18(11-9-17)10-7-13-5-3-2-4-6-13/h2-6,8,12H,7,9-11,17H2,1H3. The van der Waals surface area contributed by atoms with Crippen molar-refractivity contribution in [2.24, 2.45) is 5.73 Å². The molecule has 1 aromatic carbocycles. The van der Waals surface area contributed by atoms with Crippen LogP contribution in [0.1, 0.15) is 15.2 Å². The molecule has 1 aromatic heterocycles. The number of carbonyl (C=O) groups excluding carboxylic acids is 1. The van der Waals surface area contributed by atoms with E-state index in [1.807, 2.05) is 30.3 Å². The molecule has 0 spiro atoms. The summed E-state index contributed by atoms with van der Waals surface area (Å²) in [7, 11) is -2.59. The molecule has 24 heavy (non-hydrogen) atoms. The predicted octanol–water partition coefficient (Wildman–Crippen LogP) is 1.73. The minimum atomic E-state index is -3.81. The Morgan fingerprint density at radius 1 is 1.21 bits per heavy atom. The van der Waals surface area contributed by atoms with Gasteiger partial charge in [-0.05, 0) is 23.4 Å². The Labute approximate surface area is 145 Å². The van der Waals surface area contributed by atoms with E-state index in [4.69, 9.17) is 5.73 Å². The van der Waals surface area contributed by atoms with Gasteiger partial charge in [0.25, 0.3) is 0 Å². The summed E-state index contributed by atoms with van der Waals surface area (Å²) in [6.45, 7) is 0.678. The summed E-state index contributed by atoms with van der Waals surface area (Å²) in [6, 6.07) is 11.0. The molecule has 0 radical (unpaired) electrons. The lowest BCUT2D eigenvalue weighted by Crippen LogP contribution is -2.37. The van der Waals surface area contributed by atoms with E-state index in [1.54, 1.807) is 5.38 Å². The average Bonchev–Trinajstić information content (AvgIpc) is 3.09. The number of methoxy groups -OCH3 is 1. The van der Waals surface area contributed by atoms with Gasteiger partial charge < -0.3 is 10.5 Å². The van der Waals surface area contributed by atoms with Gasteiger partial charge in [-0.1, -0.05) is 30.3 Å². The van der Waals surface area contributed by atoms with E-state index in [2.05, 4.69) is 4.74 Å². The van der Waals surface area contributed by atoms with Crippen molar-refractivity contribution >= 4 is 27.3 Å². The van der Waals surface area contributed by atoms with Crippen molar-refractivity contribution < 1.29 is 17.9 Å². The van der Waals surface area contributed by atoms with Crippen molar-refractivity contribution in [2.45, 2.75) is 11.3 Å². The van der Waals surface area contributed by atoms with E-state index in [9.17, 15) is 13.2 Å². The first kappa shape index (κ1) is 18.6. The zero-order valence-electron chi connectivity index (χ0n) is 13.3. The molecule has 2 rings (SSSR count). The molecule has 2 aromatic rings. The van der Waals surface area contributed by atoms with Gasteiger partial charge in [-0.25, -0.2) is 13.2 Å². The third-order valence-electron chi connectivity index (χ3n) is 3.49. The van der Waals surface area contributed by atoms with Crippen LogP contribution < -0.4 is 5.73 Å². The van der Waals surface area contributed by atoms with Crippen molar-refractivity contribution in [3.63, 3.8) is 0 Å². The molecule has 0 amide bonds. The van der Waals surface area contributed by atoms with Crippen LogP contribution in [0.4, 0.5) is 0 Å². The average molecular weight is 368 g/mol. The molecule has 0 unspecified atom stereocenters. The molecule has 0 bridgehead atoms. The molecule has 8 heteroatoms. The smallest absolute Gasteiger partial charge is 0.349 e. The summed E-state index contributed by atoms with van der Waals surface area (Å²) >= 11 is 1.05. The van der Waals surface area contributed by atoms with E-state index in [0.29, 0.717) is 13.0 Å². The minimum Gasteiger partial charge on any atom is -0.465 e. The Morgan fingerprint density at radius 3 is 2.54 bits per heavy atom. The number of hydrogen-bond acceptors (Lipinski definition) is 6. The van der Waals surface area contributed by atoms with Crippen LogP contribution in [0.2, 0.25) is 0 Å². The highest BCUT2D eigenvalue weighted by Gasteiger charge is 2.30.